The van der Waals surface area contributed by atoms with Crippen molar-refractivity contribution < 1.29 is 14.3 Å². The number of rotatable bonds is 1. The first kappa shape index (κ1) is 11.7. The smallest absolute Gasteiger partial charge is 0.340 e. The molecule has 0 fully saturated rings. The molecule has 0 amide bonds. The van der Waals surface area contributed by atoms with Crippen LogP contribution >= 0.6 is 36.8 Å². The molecule has 14 heavy (non-hydrogen) atoms. The first-order valence-corrected chi connectivity index (χ1v) is 5.07. The fraction of sp³-hybridized carbons (Fsp3) is 0. The summed E-state index contributed by atoms with van der Waals surface area (Å²) in [6.07, 6.45) is 0. The average molecular weight is 300 g/mol. The Bertz CT molecular complexity index is 398. The Morgan fingerprint density at radius 2 is 2.14 bits per heavy atom. The molecule has 3 N–H and O–H groups in total. The molecule has 76 valence electrons. The molecule has 0 heterocycles. The number of nitrogen functional groups attached to an aromatic ring is 1. The molecule has 0 aliphatic rings. The van der Waals surface area contributed by atoms with Gasteiger partial charge in [0.15, 0.2) is 5.82 Å². The van der Waals surface area contributed by atoms with Gasteiger partial charge in [-0.05, 0) is 15.9 Å². The van der Waals surface area contributed by atoms with Gasteiger partial charge in [-0.2, -0.15) is 0 Å². The lowest BCUT2D eigenvalue weighted by molar-refractivity contribution is 0.0693. The summed E-state index contributed by atoms with van der Waals surface area (Å²) in [5, 5.41) is 8.72. The Hall–Kier alpha value is -0.380. The molecular formula is C7H5BrClFNO2P. The van der Waals surface area contributed by atoms with Gasteiger partial charge in [0.2, 0.25) is 0 Å². The van der Waals surface area contributed by atoms with Gasteiger partial charge >= 0.3 is 5.97 Å². The van der Waals surface area contributed by atoms with Crippen molar-refractivity contribution in [3.63, 3.8) is 0 Å². The Labute approximate surface area is 94.8 Å². The SMILES string of the molecule is Nc1c(P)c(Br)c(Cl)c(F)c1C(=O)O. The summed E-state index contributed by atoms with van der Waals surface area (Å²) in [6, 6.07) is 0. The number of anilines is 1. The van der Waals surface area contributed by atoms with E-state index >= 15 is 0 Å². The fourth-order valence-corrected chi connectivity index (χ4v) is 1.87. The van der Waals surface area contributed by atoms with E-state index in [2.05, 4.69) is 25.2 Å². The number of halogens is 3. The second-order valence-electron chi connectivity index (χ2n) is 2.45. The van der Waals surface area contributed by atoms with Crippen LogP contribution in [0.3, 0.4) is 0 Å². The first-order valence-electron chi connectivity index (χ1n) is 3.32. The third kappa shape index (κ3) is 1.72. The first-order chi connectivity index (χ1) is 6.37. The molecule has 0 bridgehead atoms. The van der Waals surface area contributed by atoms with Crippen molar-refractivity contribution in [2.75, 3.05) is 5.73 Å². The number of carboxylic acids is 1. The minimum absolute atomic E-state index is 0.156. The zero-order valence-corrected chi connectivity index (χ0v) is 10.1. The van der Waals surface area contributed by atoms with E-state index in [1.165, 1.54) is 0 Å². The summed E-state index contributed by atoms with van der Waals surface area (Å²) in [5.41, 5.74) is 4.66. The van der Waals surface area contributed by atoms with E-state index in [-0.39, 0.29) is 15.2 Å². The van der Waals surface area contributed by atoms with Gasteiger partial charge in [-0.3, -0.25) is 0 Å². The Morgan fingerprint density at radius 3 is 2.57 bits per heavy atom. The Kier molecular flexibility index (Phi) is 3.35. The van der Waals surface area contributed by atoms with Crippen LogP contribution in [-0.4, -0.2) is 11.1 Å². The maximum Gasteiger partial charge on any atom is 0.340 e. The molecule has 0 aliphatic carbocycles. The number of carboxylic acid groups (broad SMARTS) is 1. The molecule has 0 aliphatic heterocycles. The quantitative estimate of drug-likeness (QED) is 0.474. The summed E-state index contributed by atoms with van der Waals surface area (Å²) in [4.78, 5) is 10.7. The van der Waals surface area contributed by atoms with Gasteiger partial charge in [-0.25, -0.2) is 9.18 Å². The minimum atomic E-state index is -1.45. The highest BCUT2D eigenvalue weighted by Gasteiger charge is 2.22. The van der Waals surface area contributed by atoms with Gasteiger partial charge < -0.3 is 10.8 Å². The van der Waals surface area contributed by atoms with E-state index < -0.39 is 17.3 Å². The standard InChI is InChI=1S/C7H5BrClFNO2P/c8-2-3(9)4(10)1(7(12)13)5(11)6(2)14/h11,14H2,(H,12,13). The van der Waals surface area contributed by atoms with Crippen LogP contribution in [0.15, 0.2) is 4.47 Å². The van der Waals surface area contributed by atoms with Crippen molar-refractivity contribution in [1.29, 1.82) is 0 Å². The van der Waals surface area contributed by atoms with Crippen LogP contribution in [0.4, 0.5) is 10.1 Å². The predicted octanol–water partition coefficient (Wildman–Crippen LogP) is 2.02. The lowest BCUT2D eigenvalue weighted by Gasteiger charge is -2.10. The lowest BCUT2D eigenvalue weighted by atomic mass is 10.1. The summed E-state index contributed by atoms with van der Waals surface area (Å²) in [7, 11) is 2.19. The third-order valence-electron chi connectivity index (χ3n) is 1.61. The highest BCUT2D eigenvalue weighted by molar-refractivity contribution is 9.10. The topological polar surface area (TPSA) is 63.3 Å². The molecule has 0 aromatic heterocycles. The second-order valence-corrected chi connectivity index (χ2v) is 4.20. The van der Waals surface area contributed by atoms with E-state index in [0.29, 0.717) is 5.30 Å². The molecule has 3 nitrogen and oxygen atoms in total. The van der Waals surface area contributed by atoms with Gasteiger partial charge in [0.25, 0.3) is 0 Å². The van der Waals surface area contributed by atoms with Gasteiger partial charge in [0.05, 0.1) is 10.7 Å². The predicted molar refractivity (Wildman–Crippen MR) is 59.8 cm³/mol. The van der Waals surface area contributed by atoms with Gasteiger partial charge in [-0.15, -0.1) is 9.24 Å². The van der Waals surface area contributed by atoms with Crippen LogP contribution in [0.1, 0.15) is 10.4 Å². The van der Waals surface area contributed by atoms with Crippen LogP contribution in [0.25, 0.3) is 0 Å². The number of hydrogen-bond acceptors (Lipinski definition) is 2. The van der Waals surface area contributed by atoms with Crippen LogP contribution in [0.2, 0.25) is 5.02 Å². The molecule has 0 saturated heterocycles. The van der Waals surface area contributed by atoms with Crippen molar-refractivity contribution in [3.8, 4) is 0 Å². The molecule has 1 aromatic carbocycles. The molecule has 0 radical (unpaired) electrons. The van der Waals surface area contributed by atoms with Crippen molar-refractivity contribution in [2.24, 2.45) is 0 Å². The third-order valence-corrected chi connectivity index (χ3v) is 4.04. The zero-order valence-electron chi connectivity index (χ0n) is 6.64. The molecule has 0 saturated carbocycles. The largest absolute Gasteiger partial charge is 0.478 e. The number of benzene rings is 1. The van der Waals surface area contributed by atoms with E-state index in [1.54, 1.807) is 0 Å². The summed E-state index contributed by atoms with van der Waals surface area (Å²) < 4.78 is 13.6. The van der Waals surface area contributed by atoms with Crippen LogP contribution in [0, 0.1) is 5.82 Å². The molecule has 1 atom stereocenters. The van der Waals surface area contributed by atoms with Gasteiger partial charge in [-0.1, -0.05) is 11.6 Å². The molecule has 1 aromatic rings. The van der Waals surface area contributed by atoms with Crippen LogP contribution in [0.5, 0.6) is 0 Å². The van der Waals surface area contributed by atoms with Crippen molar-refractivity contribution in [3.05, 3.63) is 20.9 Å². The number of hydrogen-bond donors (Lipinski definition) is 2. The Morgan fingerprint density at radius 1 is 1.64 bits per heavy atom. The van der Waals surface area contributed by atoms with Gasteiger partial charge in [0.1, 0.15) is 5.56 Å². The summed E-state index contributed by atoms with van der Waals surface area (Å²) >= 11 is 8.55. The summed E-state index contributed by atoms with van der Waals surface area (Å²) in [6.45, 7) is 0. The second kappa shape index (κ2) is 4.01. The zero-order chi connectivity index (χ0) is 11.0. The summed E-state index contributed by atoms with van der Waals surface area (Å²) in [5.74, 6) is -2.48. The molecular weight excluding hydrogens is 295 g/mol. The fourth-order valence-electron chi connectivity index (χ4n) is 0.905. The average Bonchev–Trinajstić information content (AvgIpc) is 2.11. The molecule has 0 spiro atoms. The van der Waals surface area contributed by atoms with E-state index in [4.69, 9.17) is 22.4 Å². The number of nitrogens with two attached hydrogens (primary N) is 1. The molecule has 1 rings (SSSR count). The normalized spacial score (nSPS) is 10.3. The van der Waals surface area contributed by atoms with Gasteiger partial charge in [0, 0.05) is 9.78 Å². The minimum Gasteiger partial charge on any atom is -0.478 e. The van der Waals surface area contributed by atoms with Crippen molar-refractivity contribution in [2.45, 2.75) is 0 Å². The van der Waals surface area contributed by atoms with Crippen molar-refractivity contribution in [1.82, 2.24) is 0 Å². The Balaban J connectivity index is 3.68. The highest BCUT2D eigenvalue weighted by Crippen LogP contribution is 2.31. The van der Waals surface area contributed by atoms with E-state index in [9.17, 15) is 9.18 Å². The van der Waals surface area contributed by atoms with Crippen LogP contribution in [-0.2, 0) is 0 Å². The van der Waals surface area contributed by atoms with Crippen molar-refractivity contribution >= 4 is 53.7 Å². The maximum absolute atomic E-state index is 13.3. The molecule has 7 heteroatoms. The van der Waals surface area contributed by atoms with E-state index in [1.807, 2.05) is 0 Å². The highest BCUT2D eigenvalue weighted by atomic mass is 79.9. The maximum atomic E-state index is 13.3. The monoisotopic (exact) mass is 299 g/mol. The number of carbonyl (C=O) groups is 1. The molecule has 1 unspecified atom stereocenters. The van der Waals surface area contributed by atoms with Crippen LogP contribution < -0.4 is 11.0 Å². The lowest BCUT2D eigenvalue weighted by Crippen LogP contribution is -2.14. The van der Waals surface area contributed by atoms with E-state index in [0.717, 1.165) is 0 Å². The number of aromatic carboxylic acids is 1.